The summed E-state index contributed by atoms with van der Waals surface area (Å²) in [7, 11) is 0. The number of halogens is 2. The summed E-state index contributed by atoms with van der Waals surface area (Å²) in [5.41, 5.74) is 0. The Balaban J connectivity index is 1.93. The maximum absolute atomic E-state index is 11.7. The predicted molar refractivity (Wildman–Crippen MR) is 67.5 cm³/mol. The van der Waals surface area contributed by atoms with E-state index in [2.05, 4.69) is 20.3 Å². The van der Waals surface area contributed by atoms with Gasteiger partial charge in [-0.2, -0.15) is 0 Å². The van der Waals surface area contributed by atoms with Gasteiger partial charge in [-0.15, -0.1) is 0 Å². The quantitative estimate of drug-likeness (QED) is 0.872. The van der Waals surface area contributed by atoms with Gasteiger partial charge in [0.1, 0.15) is 11.3 Å². The molecule has 18 heavy (non-hydrogen) atoms. The first-order chi connectivity index (χ1) is 8.66. The first kappa shape index (κ1) is 12.8. The van der Waals surface area contributed by atoms with Gasteiger partial charge in [-0.3, -0.25) is 4.79 Å². The molecule has 8 heteroatoms. The zero-order valence-electron chi connectivity index (χ0n) is 9.18. The molecule has 2 aromatic heterocycles. The van der Waals surface area contributed by atoms with Crippen LogP contribution < -0.4 is 5.32 Å². The molecule has 0 radical (unpaired) electrons. The van der Waals surface area contributed by atoms with Crippen molar-refractivity contribution >= 4 is 34.9 Å². The SMILES string of the molecule is O=C(CCn1ccnc1)Nc1ncnc(Cl)c1Cl. The second kappa shape index (κ2) is 5.79. The zero-order chi connectivity index (χ0) is 13.0. The van der Waals surface area contributed by atoms with E-state index >= 15 is 0 Å². The van der Waals surface area contributed by atoms with Crippen LogP contribution in [0.5, 0.6) is 0 Å². The number of nitrogens with one attached hydrogen (secondary N) is 1. The van der Waals surface area contributed by atoms with Crippen molar-refractivity contribution in [2.75, 3.05) is 5.32 Å². The smallest absolute Gasteiger partial charge is 0.227 e. The summed E-state index contributed by atoms with van der Waals surface area (Å²) in [6.45, 7) is 0.530. The predicted octanol–water partition coefficient (Wildman–Crippen LogP) is 2.01. The van der Waals surface area contributed by atoms with Gasteiger partial charge in [-0.05, 0) is 0 Å². The summed E-state index contributed by atoms with van der Waals surface area (Å²) in [6.07, 6.45) is 6.59. The minimum Gasteiger partial charge on any atom is -0.337 e. The lowest BCUT2D eigenvalue weighted by Gasteiger charge is -2.06. The number of hydrogen-bond acceptors (Lipinski definition) is 4. The Morgan fingerprint density at radius 2 is 2.22 bits per heavy atom. The number of aromatic nitrogens is 4. The molecule has 2 rings (SSSR count). The van der Waals surface area contributed by atoms with Crippen molar-refractivity contribution < 1.29 is 4.79 Å². The topological polar surface area (TPSA) is 72.7 Å². The summed E-state index contributed by atoms with van der Waals surface area (Å²) >= 11 is 11.6. The molecule has 94 valence electrons. The molecule has 0 saturated heterocycles. The van der Waals surface area contributed by atoms with Crippen LogP contribution in [0.2, 0.25) is 10.2 Å². The monoisotopic (exact) mass is 285 g/mol. The molecule has 0 aliphatic carbocycles. The van der Waals surface area contributed by atoms with Crippen molar-refractivity contribution in [1.82, 2.24) is 19.5 Å². The van der Waals surface area contributed by atoms with Gasteiger partial charge in [-0.25, -0.2) is 15.0 Å². The third kappa shape index (κ3) is 3.18. The second-order valence-electron chi connectivity index (χ2n) is 3.43. The lowest BCUT2D eigenvalue weighted by Crippen LogP contribution is -2.15. The van der Waals surface area contributed by atoms with Crippen molar-refractivity contribution in [1.29, 1.82) is 0 Å². The number of aryl methyl sites for hydroxylation is 1. The summed E-state index contributed by atoms with van der Waals surface area (Å²) in [6, 6.07) is 0. The highest BCUT2D eigenvalue weighted by atomic mass is 35.5. The van der Waals surface area contributed by atoms with Crippen LogP contribution in [0.1, 0.15) is 6.42 Å². The first-order valence-corrected chi connectivity index (χ1v) is 5.84. The standard InChI is InChI=1S/C10H9Cl2N5O/c11-8-9(12)14-5-15-10(8)16-7(18)1-3-17-4-2-13-6-17/h2,4-6H,1,3H2,(H,14,15,16,18). The van der Waals surface area contributed by atoms with E-state index in [1.165, 1.54) is 6.33 Å². The molecule has 6 nitrogen and oxygen atoms in total. The number of carbonyl (C=O) groups excluding carboxylic acids is 1. The van der Waals surface area contributed by atoms with E-state index in [-0.39, 0.29) is 28.3 Å². The van der Waals surface area contributed by atoms with Crippen LogP contribution in [0, 0.1) is 0 Å². The average Bonchev–Trinajstić information content (AvgIpc) is 2.86. The normalized spacial score (nSPS) is 10.3. The van der Waals surface area contributed by atoms with E-state index in [0.717, 1.165) is 0 Å². The van der Waals surface area contributed by atoms with Crippen LogP contribution in [0.15, 0.2) is 25.0 Å². The molecule has 0 spiro atoms. The van der Waals surface area contributed by atoms with E-state index in [9.17, 15) is 4.79 Å². The highest BCUT2D eigenvalue weighted by Crippen LogP contribution is 2.25. The van der Waals surface area contributed by atoms with Gasteiger partial charge >= 0.3 is 0 Å². The lowest BCUT2D eigenvalue weighted by molar-refractivity contribution is -0.116. The van der Waals surface area contributed by atoms with Crippen LogP contribution in [0.25, 0.3) is 0 Å². The Kier molecular flexibility index (Phi) is 4.11. The number of nitrogens with zero attached hydrogens (tertiary/aromatic N) is 4. The second-order valence-corrected chi connectivity index (χ2v) is 4.16. The molecular weight excluding hydrogens is 277 g/mol. The zero-order valence-corrected chi connectivity index (χ0v) is 10.7. The molecule has 0 unspecified atom stereocenters. The Morgan fingerprint density at radius 1 is 1.39 bits per heavy atom. The van der Waals surface area contributed by atoms with E-state index in [1.54, 1.807) is 23.3 Å². The van der Waals surface area contributed by atoms with E-state index in [4.69, 9.17) is 23.2 Å². The maximum atomic E-state index is 11.7. The molecule has 0 saturated carbocycles. The summed E-state index contributed by atoms with van der Waals surface area (Å²) in [5.74, 6) is 0.00710. The van der Waals surface area contributed by atoms with Gasteiger partial charge in [0.05, 0.1) is 6.33 Å². The fraction of sp³-hybridized carbons (Fsp3) is 0.200. The lowest BCUT2D eigenvalue weighted by atomic mass is 10.4. The van der Waals surface area contributed by atoms with Crippen molar-refractivity contribution in [3.63, 3.8) is 0 Å². The molecular formula is C10H9Cl2N5O. The number of carbonyl (C=O) groups is 1. The van der Waals surface area contributed by atoms with Crippen LogP contribution in [-0.4, -0.2) is 25.4 Å². The molecule has 1 amide bonds. The molecule has 2 heterocycles. The van der Waals surface area contributed by atoms with Crippen molar-refractivity contribution in [2.45, 2.75) is 13.0 Å². The average molecular weight is 286 g/mol. The van der Waals surface area contributed by atoms with E-state index < -0.39 is 0 Å². The summed E-state index contributed by atoms with van der Waals surface area (Å²) in [5, 5.41) is 2.82. The maximum Gasteiger partial charge on any atom is 0.227 e. The minimum atomic E-state index is -0.208. The number of hydrogen-bond donors (Lipinski definition) is 1. The Bertz CT molecular complexity index is 543. The van der Waals surface area contributed by atoms with Gasteiger partial charge in [0.15, 0.2) is 11.0 Å². The largest absolute Gasteiger partial charge is 0.337 e. The molecule has 0 aliphatic heterocycles. The van der Waals surface area contributed by atoms with Gasteiger partial charge in [0, 0.05) is 25.4 Å². The molecule has 0 fully saturated rings. The highest BCUT2D eigenvalue weighted by Gasteiger charge is 2.10. The van der Waals surface area contributed by atoms with Crippen LogP contribution in [0.3, 0.4) is 0 Å². The molecule has 0 aliphatic rings. The Morgan fingerprint density at radius 3 is 2.94 bits per heavy atom. The van der Waals surface area contributed by atoms with Crippen LogP contribution in [-0.2, 0) is 11.3 Å². The molecule has 2 aromatic rings. The van der Waals surface area contributed by atoms with Gasteiger partial charge in [0.25, 0.3) is 0 Å². The van der Waals surface area contributed by atoms with Gasteiger partial charge < -0.3 is 9.88 Å². The van der Waals surface area contributed by atoms with Gasteiger partial charge in [0.2, 0.25) is 5.91 Å². The van der Waals surface area contributed by atoms with Crippen LogP contribution >= 0.6 is 23.2 Å². The molecule has 0 bridgehead atoms. The third-order valence-electron chi connectivity index (χ3n) is 2.16. The summed E-state index contributed by atoms with van der Waals surface area (Å²) in [4.78, 5) is 23.1. The minimum absolute atomic E-state index is 0.108. The van der Waals surface area contributed by atoms with E-state index in [0.29, 0.717) is 6.54 Å². The molecule has 1 N–H and O–H groups in total. The Hall–Kier alpha value is -1.66. The number of imidazole rings is 1. The van der Waals surface area contributed by atoms with Crippen molar-refractivity contribution in [2.24, 2.45) is 0 Å². The third-order valence-corrected chi connectivity index (χ3v) is 2.90. The highest BCUT2D eigenvalue weighted by molar-refractivity contribution is 6.42. The molecule has 0 aromatic carbocycles. The van der Waals surface area contributed by atoms with Gasteiger partial charge in [-0.1, -0.05) is 23.2 Å². The Labute approximate surface area is 113 Å². The fourth-order valence-electron chi connectivity index (χ4n) is 1.28. The van der Waals surface area contributed by atoms with Crippen molar-refractivity contribution in [3.05, 3.63) is 35.2 Å². The number of anilines is 1. The molecule has 0 atom stereocenters. The van der Waals surface area contributed by atoms with Crippen LogP contribution in [0.4, 0.5) is 5.82 Å². The fourth-order valence-corrected chi connectivity index (χ4v) is 1.56. The first-order valence-electron chi connectivity index (χ1n) is 5.08. The van der Waals surface area contributed by atoms with Crippen molar-refractivity contribution in [3.8, 4) is 0 Å². The number of amides is 1. The summed E-state index contributed by atoms with van der Waals surface area (Å²) < 4.78 is 1.80. The number of rotatable bonds is 4. The van der Waals surface area contributed by atoms with E-state index in [1.807, 2.05) is 0 Å².